The Morgan fingerprint density at radius 1 is 1.11 bits per heavy atom. The van der Waals surface area contributed by atoms with E-state index in [1.807, 2.05) is 12.1 Å². The van der Waals surface area contributed by atoms with Gasteiger partial charge in [-0.05, 0) is 42.0 Å². The minimum atomic E-state index is -1.66. The zero-order chi connectivity index (χ0) is 25.3. The summed E-state index contributed by atoms with van der Waals surface area (Å²) in [5.74, 6) is 5.84. The van der Waals surface area contributed by atoms with Gasteiger partial charge in [-0.25, -0.2) is 9.78 Å². The Balaban J connectivity index is 1.44. The summed E-state index contributed by atoms with van der Waals surface area (Å²) in [5.41, 5.74) is 7.40. The van der Waals surface area contributed by atoms with Gasteiger partial charge in [-0.15, -0.1) is 0 Å². The van der Waals surface area contributed by atoms with Crippen molar-refractivity contribution in [3.63, 3.8) is 0 Å². The zero-order valence-electron chi connectivity index (χ0n) is 19.1. The maximum absolute atomic E-state index is 12.9. The molecule has 10 heteroatoms. The van der Waals surface area contributed by atoms with E-state index in [1.165, 1.54) is 24.3 Å². The Kier molecular flexibility index (Phi) is 5.58. The molecule has 1 aromatic carbocycles. The average Bonchev–Trinajstić information content (AvgIpc) is 3.36. The van der Waals surface area contributed by atoms with E-state index in [2.05, 4.69) is 32.4 Å². The van der Waals surface area contributed by atoms with Crippen molar-refractivity contribution in [3.8, 4) is 28.7 Å². The predicted octanol–water partition coefficient (Wildman–Crippen LogP) is 1.83. The number of fused-ring (bicyclic) bond motifs is 1. The van der Waals surface area contributed by atoms with Gasteiger partial charge in [0, 0.05) is 47.0 Å². The van der Waals surface area contributed by atoms with Crippen LogP contribution >= 0.6 is 0 Å². The molecule has 0 bridgehead atoms. The molecule has 0 radical (unpaired) electrons. The first-order valence-corrected chi connectivity index (χ1v) is 10.9. The van der Waals surface area contributed by atoms with Gasteiger partial charge in [0.05, 0.1) is 13.7 Å². The van der Waals surface area contributed by atoms with Crippen LogP contribution in [0.25, 0.3) is 11.1 Å². The van der Waals surface area contributed by atoms with Gasteiger partial charge in [0.2, 0.25) is 5.54 Å². The molecular weight excluding hydrogens is 460 g/mol. The molecule has 2 aliphatic rings. The van der Waals surface area contributed by atoms with Gasteiger partial charge < -0.3 is 20.7 Å². The molecule has 1 saturated heterocycles. The third-order valence-electron chi connectivity index (χ3n) is 5.81. The van der Waals surface area contributed by atoms with E-state index in [1.54, 1.807) is 42.9 Å². The van der Waals surface area contributed by atoms with Crippen molar-refractivity contribution >= 4 is 23.7 Å². The maximum atomic E-state index is 12.9. The number of hydrogen-bond donors (Lipinski definition) is 3. The molecule has 4 N–H and O–H groups in total. The van der Waals surface area contributed by atoms with E-state index >= 15 is 0 Å². The number of anilines is 1. The number of carbonyl (C=O) groups excluding carboxylic acids is 3. The number of carbonyl (C=O) groups is 3. The molecule has 0 saturated carbocycles. The van der Waals surface area contributed by atoms with Crippen LogP contribution in [0.1, 0.15) is 21.5 Å². The number of methoxy groups -OCH3 is 1. The third-order valence-corrected chi connectivity index (χ3v) is 5.81. The van der Waals surface area contributed by atoms with Crippen molar-refractivity contribution in [2.45, 2.75) is 12.1 Å². The van der Waals surface area contributed by atoms with Crippen LogP contribution in [-0.2, 0) is 11.3 Å². The highest BCUT2D eigenvalue weighted by Crippen LogP contribution is 2.27. The number of nitrogen functional groups attached to an aromatic ring is 1. The summed E-state index contributed by atoms with van der Waals surface area (Å²) in [7, 11) is 1.53. The van der Waals surface area contributed by atoms with Crippen LogP contribution in [0, 0.1) is 11.8 Å². The van der Waals surface area contributed by atoms with Crippen molar-refractivity contribution in [1.82, 2.24) is 25.5 Å². The molecule has 0 aliphatic carbocycles. The van der Waals surface area contributed by atoms with Gasteiger partial charge in [-0.1, -0.05) is 17.9 Å². The van der Waals surface area contributed by atoms with Crippen LogP contribution in [-0.4, -0.2) is 45.4 Å². The number of nitrogens with zero attached hydrogens (tertiary/aromatic N) is 3. The average molecular weight is 480 g/mol. The number of nitrogens with two attached hydrogens (primary N) is 1. The maximum Gasteiger partial charge on any atom is 0.323 e. The lowest BCUT2D eigenvalue weighted by Crippen LogP contribution is -2.44. The van der Waals surface area contributed by atoms with Crippen LogP contribution in [0.3, 0.4) is 0 Å². The summed E-state index contributed by atoms with van der Waals surface area (Å²) in [6.45, 7) is 0.315. The highest BCUT2D eigenvalue weighted by atomic mass is 16.5. The van der Waals surface area contributed by atoms with E-state index in [0.717, 1.165) is 16.7 Å². The van der Waals surface area contributed by atoms with Crippen molar-refractivity contribution < 1.29 is 19.1 Å². The summed E-state index contributed by atoms with van der Waals surface area (Å²) < 4.78 is 5.20. The van der Waals surface area contributed by atoms with E-state index in [0.29, 0.717) is 29.2 Å². The van der Waals surface area contributed by atoms with Gasteiger partial charge in [0.15, 0.2) is 0 Å². The molecule has 4 heterocycles. The smallest absolute Gasteiger partial charge is 0.323 e. The lowest BCUT2D eigenvalue weighted by Gasteiger charge is -2.17. The predicted molar refractivity (Wildman–Crippen MR) is 130 cm³/mol. The van der Waals surface area contributed by atoms with Crippen molar-refractivity contribution in [2.24, 2.45) is 0 Å². The molecule has 1 fully saturated rings. The molecule has 1 atom stereocenters. The SMILES string of the molecule is COc1ccc2c(c1)C(=O)N(C=CC1(C#Cc3cncc(-c4ccc(N)nc4)c3)NC(=O)NC1=O)C2. The van der Waals surface area contributed by atoms with Crippen LogP contribution in [0.5, 0.6) is 5.75 Å². The number of imide groups is 1. The van der Waals surface area contributed by atoms with E-state index in [-0.39, 0.29) is 5.91 Å². The first kappa shape index (κ1) is 22.6. The Labute approximate surface area is 206 Å². The number of amides is 4. The third kappa shape index (κ3) is 4.21. The molecule has 2 aromatic heterocycles. The number of urea groups is 1. The van der Waals surface area contributed by atoms with Gasteiger partial charge >= 0.3 is 6.03 Å². The Bertz CT molecular complexity index is 1490. The highest BCUT2D eigenvalue weighted by Gasteiger charge is 2.43. The zero-order valence-corrected chi connectivity index (χ0v) is 19.1. The van der Waals surface area contributed by atoms with Gasteiger partial charge in [-0.2, -0.15) is 0 Å². The monoisotopic (exact) mass is 480 g/mol. The number of benzene rings is 1. The van der Waals surface area contributed by atoms with Gasteiger partial charge in [-0.3, -0.25) is 19.9 Å². The Morgan fingerprint density at radius 3 is 2.69 bits per heavy atom. The van der Waals surface area contributed by atoms with Crippen molar-refractivity contribution in [3.05, 3.63) is 84.0 Å². The van der Waals surface area contributed by atoms with Crippen LogP contribution in [0.4, 0.5) is 10.6 Å². The fourth-order valence-electron chi connectivity index (χ4n) is 3.88. The summed E-state index contributed by atoms with van der Waals surface area (Å²) in [6, 6.07) is 9.86. The lowest BCUT2D eigenvalue weighted by atomic mass is 9.99. The Morgan fingerprint density at radius 2 is 1.97 bits per heavy atom. The Hall–Kier alpha value is -5.17. The molecule has 0 spiro atoms. The lowest BCUT2D eigenvalue weighted by molar-refractivity contribution is -0.120. The van der Waals surface area contributed by atoms with E-state index < -0.39 is 17.5 Å². The number of hydrogen-bond acceptors (Lipinski definition) is 7. The molecule has 1 unspecified atom stereocenters. The van der Waals surface area contributed by atoms with Crippen LogP contribution in [0.15, 0.2) is 67.3 Å². The molecule has 178 valence electrons. The molecule has 10 nitrogen and oxygen atoms in total. The standard InChI is InChI=1S/C26H20N6O4/c1-36-20-4-2-18-15-32(23(33)21(18)11-20)9-8-26(24(34)30-25(35)31-26)7-6-16-10-19(13-28-12-16)17-3-5-22(27)29-14-17/h2-5,8-14H,15H2,1H3,(H2,27,29)(H2,30,31,34,35). The minimum absolute atomic E-state index is 0.248. The molecule has 3 aromatic rings. The summed E-state index contributed by atoms with van der Waals surface area (Å²) in [4.78, 5) is 47.3. The number of pyridine rings is 2. The molecule has 5 rings (SSSR count). The van der Waals surface area contributed by atoms with Crippen LogP contribution < -0.4 is 21.1 Å². The molecule has 36 heavy (non-hydrogen) atoms. The number of aromatic nitrogens is 2. The number of nitrogens with one attached hydrogen (secondary N) is 2. The second kappa shape index (κ2) is 8.88. The summed E-state index contributed by atoms with van der Waals surface area (Å²) in [6.07, 6.45) is 7.69. The van der Waals surface area contributed by atoms with Crippen LogP contribution in [0.2, 0.25) is 0 Å². The highest BCUT2D eigenvalue weighted by molar-refractivity contribution is 6.10. The van der Waals surface area contributed by atoms with Crippen molar-refractivity contribution in [1.29, 1.82) is 0 Å². The van der Waals surface area contributed by atoms with E-state index in [9.17, 15) is 14.4 Å². The molecule has 2 aliphatic heterocycles. The minimum Gasteiger partial charge on any atom is -0.497 e. The topological polar surface area (TPSA) is 140 Å². The normalized spacial score (nSPS) is 18.5. The summed E-state index contributed by atoms with van der Waals surface area (Å²) >= 11 is 0. The second-order valence-corrected chi connectivity index (χ2v) is 8.17. The number of rotatable bonds is 4. The van der Waals surface area contributed by atoms with E-state index in [4.69, 9.17) is 10.5 Å². The van der Waals surface area contributed by atoms with Gasteiger partial charge in [0.25, 0.3) is 11.8 Å². The summed E-state index contributed by atoms with van der Waals surface area (Å²) in [5, 5.41) is 4.76. The first-order valence-electron chi connectivity index (χ1n) is 10.9. The molecule has 4 amide bonds. The van der Waals surface area contributed by atoms with Gasteiger partial charge in [0.1, 0.15) is 11.6 Å². The molecular formula is C26H20N6O4. The fraction of sp³-hybridized carbons (Fsp3) is 0.115. The first-order chi connectivity index (χ1) is 17.4. The van der Waals surface area contributed by atoms with Crippen molar-refractivity contribution in [2.75, 3.05) is 12.8 Å². The fourth-order valence-corrected chi connectivity index (χ4v) is 3.88. The largest absolute Gasteiger partial charge is 0.497 e. The second-order valence-electron chi connectivity index (χ2n) is 8.17. The number of ether oxygens (including phenoxy) is 1. The quantitative estimate of drug-likeness (QED) is 0.382.